The van der Waals surface area contributed by atoms with Crippen molar-refractivity contribution in [3.63, 3.8) is 0 Å². The fraction of sp³-hybridized carbons (Fsp3) is 0.381. The first kappa shape index (κ1) is 16.7. The number of amides is 1. The number of aryl methyl sites for hydroxylation is 1. The predicted molar refractivity (Wildman–Crippen MR) is 98.5 cm³/mol. The molecule has 1 amide bonds. The number of carbonyl (C=O) groups is 1. The van der Waals surface area contributed by atoms with Crippen molar-refractivity contribution in [3.05, 3.63) is 65.2 Å². The Morgan fingerprint density at radius 1 is 0.917 bits per heavy atom. The number of nitrogens with one attached hydrogen (secondary N) is 2. The zero-order valence-electron chi connectivity index (χ0n) is 14.5. The van der Waals surface area contributed by atoms with Gasteiger partial charge < -0.3 is 10.2 Å². The molecule has 0 atom stereocenters. The SMILES string of the molecule is CCc1ccc(C(=O)Nc2ccc(C[NH+]3CCCCC3)cc2)cc1. The number of anilines is 1. The Morgan fingerprint density at radius 3 is 2.17 bits per heavy atom. The molecule has 1 heterocycles. The molecule has 0 aliphatic carbocycles. The van der Waals surface area contributed by atoms with Gasteiger partial charge in [0, 0.05) is 16.8 Å². The maximum Gasteiger partial charge on any atom is 0.255 e. The molecule has 2 aromatic carbocycles. The minimum Gasteiger partial charge on any atom is -0.331 e. The van der Waals surface area contributed by atoms with E-state index in [1.807, 2.05) is 36.4 Å². The van der Waals surface area contributed by atoms with Crippen LogP contribution < -0.4 is 10.2 Å². The van der Waals surface area contributed by atoms with E-state index in [9.17, 15) is 4.79 Å². The fourth-order valence-corrected chi connectivity index (χ4v) is 3.32. The van der Waals surface area contributed by atoms with Crippen LogP contribution in [0.1, 0.15) is 47.7 Å². The molecule has 1 saturated heterocycles. The van der Waals surface area contributed by atoms with Gasteiger partial charge in [0.15, 0.2) is 0 Å². The topological polar surface area (TPSA) is 33.5 Å². The summed E-state index contributed by atoms with van der Waals surface area (Å²) in [5.74, 6) is -0.0490. The summed E-state index contributed by atoms with van der Waals surface area (Å²) in [5, 5.41) is 2.98. The Kier molecular flexibility index (Phi) is 5.65. The molecule has 126 valence electrons. The van der Waals surface area contributed by atoms with Crippen LogP contribution in [0.5, 0.6) is 0 Å². The minimum atomic E-state index is -0.0490. The van der Waals surface area contributed by atoms with Crippen LogP contribution in [-0.2, 0) is 13.0 Å². The van der Waals surface area contributed by atoms with E-state index >= 15 is 0 Å². The molecule has 2 N–H and O–H groups in total. The van der Waals surface area contributed by atoms with Gasteiger partial charge in [-0.25, -0.2) is 0 Å². The lowest BCUT2D eigenvalue weighted by atomic mass is 10.1. The van der Waals surface area contributed by atoms with Gasteiger partial charge in [-0.2, -0.15) is 0 Å². The molecule has 1 aliphatic rings. The summed E-state index contributed by atoms with van der Waals surface area (Å²) in [5.41, 5.74) is 4.15. The lowest BCUT2D eigenvalue weighted by Crippen LogP contribution is -3.11. The van der Waals surface area contributed by atoms with Crippen molar-refractivity contribution < 1.29 is 9.69 Å². The van der Waals surface area contributed by atoms with E-state index in [4.69, 9.17) is 0 Å². The molecule has 3 rings (SSSR count). The standard InChI is InChI=1S/C21H26N2O/c1-2-17-6-10-19(11-7-17)21(24)22-20-12-8-18(9-13-20)16-23-14-4-3-5-15-23/h6-13H,2-5,14-16H2,1H3,(H,22,24)/p+1. The molecule has 0 unspecified atom stereocenters. The van der Waals surface area contributed by atoms with Crippen molar-refractivity contribution in [2.45, 2.75) is 39.2 Å². The fourth-order valence-electron chi connectivity index (χ4n) is 3.32. The van der Waals surface area contributed by atoms with E-state index in [0.29, 0.717) is 5.56 Å². The van der Waals surface area contributed by atoms with Crippen LogP contribution in [0.4, 0.5) is 5.69 Å². The second kappa shape index (κ2) is 8.11. The average Bonchev–Trinajstić information content (AvgIpc) is 2.64. The highest BCUT2D eigenvalue weighted by molar-refractivity contribution is 6.04. The third kappa shape index (κ3) is 4.45. The Hall–Kier alpha value is -2.13. The van der Waals surface area contributed by atoms with Crippen molar-refractivity contribution >= 4 is 11.6 Å². The molecule has 1 fully saturated rings. The Bertz CT molecular complexity index is 655. The molecule has 3 heteroatoms. The summed E-state index contributed by atoms with van der Waals surface area (Å²) in [6, 6.07) is 16.1. The predicted octanol–water partition coefficient (Wildman–Crippen LogP) is 3.07. The molecular weight excluding hydrogens is 296 g/mol. The summed E-state index contributed by atoms with van der Waals surface area (Å²) in [4.78, 5) is 14.0. The summed E-state index contributed by atoms with van der Waals surface area (Å²) in [7, 11) is 0. The molecule has 0 aromatic heterocycles. The molecule has 0 saturated carbocycles. The van der Waals surface area contributed by atoms with Crippen molar-refractivity contribution in [1.29, 1.82) is 0 Å². The number of carbonyl (C=O) groups excluding carboxylic acids is 1. The maximum atomic E-state index is 12.3. The molecule has 3 nitrogen and oxygen atoms in total. The molecule has 1 aliphatic heterocycles. The van der Waals surface area contributed by atoms with Crippen LogP contribution in [0.3, 0.4) is 0 Å². The Balaban J connectivity index is 1.57. The summed E-state index contributed by atoms with van der Waals surface area (Å²) in [6.07, 6.45) is 5.07. The van der Waals surface area contributed by atoms with Gasteiger partial charge in [0.2, 0.25) is 0 Å². The van der Waals surface area contributed by atoms with Gasteiger partial charge in [0.05, 0.1) is 13.1 Å². The average molecular weight is 323 g/mol. The number of hydrogen-bond acceptors (Lipinski definition) is 1. The number of piperidine rings is 1. The van der Waals surface area contributed by atoms with E-state index in [1.54, 1.807) is 4.90 Å². The minimum absolute atomic E-state index is 0.0490. The van der Waals surface area contributed by atoms with Crippen LogP contribution in [-0.4, -0.2) is 19.0 Å². The summed E-state index contributed by atoms with van der Waals surface area (Å²) < 4.78 is 0. The largest absolute Gasteiger partial charge is 0.331 e. The molecule has 0 radical (unpaired) electrons. The van der Waals surface area contributed by atoms with Crippen molar-refractivity contribution in [3.8, 4) is 0 Å². The van der Waals surface area contributed by atoms with Crippen LogP contribution in [0.15, 0.2) is 48.5 Å². The smallest absolute Gasteiger partial charge is 0.255 e. The monoisotopic (exact) mass is 323 g/mol. The van der Waals surface area contributed by atoms with Gasteiger partial charge in [-0.3, -0.25) is 4.79 Å². The number of rotatable bonds is 5. The highest BCUT2D eigenvalue weighted by atomic mass is 16.1. The van der Waals surface area contributed by atoms with Crippen molar-refractivity contribution in [2.75, 3.05) is 18.4 Å². The van der Waals surface area contributed by atoms with E-state index in [-0.39, 0.29) is 5.91 Å². The quantitative estimate of drug-likeness (QED) is 0.871. The van der Waals surface area contributed by atoms with Gasteiger partial charge in [0.25, 0.3) is 5.91 Å². The highest BCUT2D eigenvalue weighted by Gasteiger charge is 2.13. The zero-order chi connectivity index (χ0) is 16.8. The van der Waals surface area contributed by atoms with Gasteiger partial charge in [-0.05, 0) is 55.5 Å². The highest BCUT2D eigenvalue weighted by Crippen LogP contribution is 2.12. The van der Waals surface area contributed by atoms with Gasteiger partial charge in [-0.15, -0.1) is 0 Å². The summed E-state index contributed by atoms with van der Waals surface area (Å²) >= 11 is 0. The van der Waals surface area contributed by atoms with Crippen molar-refractivity contribution in [1.82, 2.24) is 0 Å². The Labute approximate surface area is 144 Å². The first-order valence-electron chi connectivity index (χ1n) is 9.07. The Morgan fingerprint density at radius 2 is 1.54 bits per heavy atom. The van der Waals surface area contributed by atoms with Crippen LogP contribution in [0.25, 0.3) is 0 Å². The first-order valence-corrected chi connectivity index (χ1v) is 9.07. The number of quaternary nitrogens is 1. The molecule has 0 spiro atoms. The van der Waals surface area contributed by atoms with E-state index in [0.717, 1.165) is 18.7 Å². The normalized spacial score (nSPS) is 15.2. The van der Waals surface area contributed by atoms with Gasteiger partial charge in [0.1, 0.15) is 6.54 Å². The maximum absolute atomic E-state index is 12.3. The molecule has 24 heavy (non-hydrogen) atoms. The van der Waals surface area contributed by atoms with Crippen LogP contribution in [0.2, 0.25) is 0 Å². The molecular formula is C21H27N2O+. The van der Waals surface area contributed by atoms with Crippen LogP contribution >= 0.6 is 0 Å². The zero-order valence-corrected chi connectivity index (χ0v) is 14.5. The van der Waals surface area contributed by atoms with Crippen molar-refractivity contribution in [2.24, 2.45) is 0 Å². The van der Waals surface area contributed by atoms with E-state index in [1.165, 1.54) is 43.5 Å². The number of hydrogen-bond donors (Lipinski definition) is 2. The number of benzene rings is 2. The lowest BCUT2D eigenvalue weighted by molar-refractivity contribution is -0.918. The van der Waals surface area contributed by atoms with E-state index in [2.05, 4.69) is 24.4 Å². The first-order chi connectivity index (χ1) is 11.7. The third-order valence-corrected chi connectivity index (χ3v) is 4.85. The number of likely N-dealkylation sites (tertiary alicyclic amines) is 1. The second-order valence-electron chi connectivity index (χ2n) is 6.69. The summed E-state index contributed by atoms with van der Waals surface area (Å²) in [6.45, 7) is 5.77. The molecule has 2 aromatic rings. The third-order valence-electron chi connectivity index (χ3n) is 4.85. The van der Waals surface area contributed by atoms with Gasteiger partial charge >= 0.3 is 0 Å². The van der Waals surface area contributed by atoms with Gasteiger partial charge in [-0.1, -0.05) is 31.2 Å². The second-order valence-corrected chi connectivity index (χ2v) is 6.69. The van der Waals surface area contributed by atoms with E-state index < -0.39 is 0 Å². The molecule has 0 bridgehead atoms. The lowest BCUT2D eigenvalue weighted by Gasteiger charge is -2.23. The van der Waals surface area contributed by atoms with Crippen LogP contribution in [0, 0.1) is 0 Å².